The SMILES string of the molecule is O=C1CC(Cc2ccccc2)N1S(=O)(=O)Cl. The molecule has 86 valence electrons. The molecule has 0 aromatic heterocycles. The van der Waals surface area contributed by atoms with Gasteiger partial charge in [-0.1, -0.05) is 30.3 Å². The number of hydrogen-bond donors (Lipinski definition) is 0. The largest absolute Gasteiger partial charge is 0.324 e. The zero-order chi connectivity index (χ0) is 11.8. The molecule has 1 aliphatic rings. The van der Waals surface area contributed by atoms with Crippen LogP contribution in [0, 0.1) is 0 Å². The van der Waals surface area contributed by atoms with Gasteiger partial charge >= 0.3 is 9.24 Å². The molecule has 0 spiro atoms. The average molecular weight is 260 g/mol. The molecule has 1 amide bonds. The maximum Gasteiger partial charge on any atom is 0.324 e. The van der Waals surface area contributed by atoms with Crippen LogP contribution in [0.3, 0.4) is 0 Å². The van der Waals surface area contributed by atoms with Gasteiger partial charge < -0.3 is 0 Å². The minimum absolute atomic E-state index is 0.237. The van der Waals surface area contributed by atoms with E-state index in [9.17, 15) is 13.2 Å². The molecule has 0 N–H and O–H groups in total. The molecule has 1 aromatic carbocycles. The first-order valence-corrected chi connectivity index (χ1v) is 7.06. The van der Waals surface area contributed by atoms with E-state index in [1.165, 1.54) is 0 Å². The molecule has 16 heavy (non-hydrogen) atoms. The van der Waals surface area contributed by atoms with Gasteiger partial charge in [0.05, 0.1) is 6.04 Å². The first-order chi connectivity index (χ1) is 7.48. The molecule has 0 saturated carbocycles. The summed E-state index contributed by atoms with van der Waals surface area (Å²) in [7, 11) is 1.24. The van der Waals surface area contributed by atoms with E-state index < -0.39 is 15.1 Å². The number of rotatable bonds is 3. The van der Waals surface area contributed by atoms with Gasteiger partial charge in [0.15, 0.2) is 0 Å². The number of amides is 1. The van der Waals surface area contributed by atoms with E-state index >= 15 is 0 Å². The van der Waals surface area contributed by atoms with E-state index in [-0.39, 0.29) is 12.5 Å². The summed E-state index contributed by atoms with van der Waals surface area (Å²) < 4.78 is 22.9. The van der Waals surface area contributed by atoms with Crippen molar-refractivity contribution >= 4 is 25.8 Å². The summed E-state index contributed by atoms with van der Waals surface area (Å²) in [5, 5.41) is 0. The number of benzene rings is 1. The van der Waals surface area contributed by atoms with E-state index in [4.69, 9.17) is 10.7 Å². The molecule has 0 bridgehead atoms. The van der Waals surface area contributed by atoms with Crippen LogP contribution in [0.15, 0.2) is 30.3 Å². The molecular formula is C10H10ClNO3S. The Labute approximate surface area is 98.4 Å². The van der Waals surface area contributed by atoms with Gasteiger partial charge in [0.25, 0.3) is 0 Å². The first-order valence-electron chi connectivity index (χ1n) is 4.79. The second-order valence-corrected chi connectivity index (χ2v) is 6.07. The fourth-order valence-corrected chi connectivity index (χ4v) is 3.20. The quantitative estimate of drug-likeness (QED) is 0.608. The average Bonchev–Trinajstić information content (AvgIpc) is 2.15. The minimum Gasteiger partial charge on any atom is -0.274 e. The monoisotopic (exact) mass is 259 g/mol. The zero-order valence-corrected chi connectivity index (χ0v) is 9.91. The van der Waals surface area contributed by atoms with Gasteiger partial charge in [-0.2, -0.15) is 8.42 Å². The van der Waals surface area contributed by atoms with Crippen molar-refractivity contribution in [3.05, 3.63) is 35.9 Å². The van der Waals surface area contributed by atoms with Crippen LogP contribution in [-0.2, 0) is 20.5 Å². The molecular weight excluding hydrogens is 250 g/mol. The summed E-state index contributed by atoms with van der Waals surface area (Å²) in [6, 6.07) is 9.07. The van der Waals surface area contributed by atoms with Crippen molar-refractivity contribution in [2.75, 3.05) is 0 Å². The standard InChI is InChI=1S/C10H10ClNO3S/c11-16(14,15)12-9(7-10(12)13)6-8-4-2-1-3-5-8/h1-5,9H,6-7H2. The number of carbonyl (C=O) groups excluding carboxylic acids is 1. The Morgan fingerprint density at radius 1 is 1.31 bits per heavy atom. The highest BCUT2D eigenvalue weighted by molar-refractivity contribution is 8.12. The van der Waals surface area contributed by atoms with Crippen LogP contribution in [0.5, 0.6) is 0 Å². The van der Waals surface area contributed by atoms with Crippen LogP contribution in [-0.4, -0.2) is 24.7 Å². The first kappa shape index (κ1) is 11.4. The Morgan fingerprint density at radius 2 is 1.94 bits per heavy atom. The third kappa shape index (κ3) is 2.20. The van der Waals surface area contributed by atoms with Crippen molar-refractivity contribution < 1.29 is 13.2 Å². The fourth-order valence-electron chi connectivity index (χ4n) is 1.81. The van der Waals surface area contributed by atoms with Crippen molar-refractivity contribution in [3.8, 4) is 0 Å². The molecule has 1 heterocycles. The van der Waals surface area contributed by atoms with Gasteiger partial charge in [-0.25, -0.2) is 4.31 Å². The lowest BCUT2D eigenvalue weighted by molar-refractivity contribution is -0.137. The number of β-lactam (4-membered cyclic amide) rings is 1. The molecule has 1 atom stereocenters. The summed E-state index contributed by atoms with van der Waals surface area (Å²) in [6.07, 6.45) is 0.749. The number of carbonyl (C=O) groups is 1. The van der Waals surface area contributed by atoms with Gasteiger partial charge in [-0.3, -0.25) is 4.79 Å². The third-order valence-electron chi connectivity index (χ3n) is 2.54. The van der Waals surface area contributed by atoms with Gasteiger partial charge in [0, 0.05) is 17.1 Å². The molecule has 1 saturated heterocycles. The molecule has 1 aromatic rings. The fraction of sp³-hybridized carbons (Fsp3) is 0.300. The van der Waals surface area contributed by atoms with Crippen molar-refractivity contribution in [2.24, 2.45) is 0 Å². The van der Waals surface area contributed by atoms with E-state index in [2.05, 4.69) is 0 Å². The predicted octanol–water partition coefficient (Wildman–Crippen LogP) is 1.31. The van der Waals surface area contributed by atoms with E-state index in [1.807, 2.05) is 30.3 Å². The molecule has 1 fully saturated rings. The van der Waals surface area contributed by atoms with Gasteiger partial charge in [0.1, 0.15) is 0 Å². The third-order valence-corrected chi connectivity index (χ3v) is 3.95. The Kier molecular flexibility index (Phi) is 2.90. The Bertz CT molecular complexity index is 500. The normalized spacial score (nSPS) is 20.7. The summed E-state index contributed by atoms with van der Waals surface area (Å²) in [4.78, 5) is 11.1. The van der Waals surface area contributed by atoms with Crippen molar-refractivity contribution in [3.63, 3.8) is 0 Å². The maximum absolute atomic E-state index is 11.1. The smallest absolute Gasteiger partial charge is 0.274 e. The Hall–Kier alpha value is -1.07. The van der Waals surface area contributed by atoms with Crippen LogP contribution in [0.2, 0.25) is 0 Å². The van der Waals surface area contributed by atoms with Crippen LogP contribution < -0.4 is 0 Å². The number of halogens is 1. The van der Waals surface area contributed by atoms with Gasteiger partial charge in [0.2, 0.25) is 5.91 Å². The summed E-state index contributed by atoms with van der Waals surface area (Å²) in [6.45, 7) is 0. The molecule has 1 aliphatic heterocycles. The summed E-state index contributed by atoms with van der Waals surface area (Å²) >= 11 is 0. The highest BCUT2D eigenvalue weighted by Gasteiger charge is 2.43. The highest BCUT2D eigenvalue weighted by atomic mass is 35.7. The van der Waals surface area contributed by atoms with E-state index in [0.717, 1.165) is 9.87 Å². The van der Waals surface area contributed by atoms with Crippen LogP contribution in [0.4, 0.5) is 0 Å². The zero-order valence-electron chi connectivity index (χ0n) is 8.34. The van der Waals surface area contributed by atoms with Gasteiger partial charge in [-0.05, 0) is 12.0 Å². The predicted molar refractivity (Wildman–Crippen MR) is 60.2 cm³/mol. The lowest BCUT2D eigenvalue weighted by Gasteiger charge is -2.37. The van der Waals surface area contributed by atoms with Crippen LogP contribution in [0.1, 0.15) is 12.0 Å². The second kappa shape index (κ2) is 4.07. The van der Waals surface area contributed by atoms with E-state index in [1.54, 1.807) is 0 Å². The number of hydrogen-bond acceptors (Lipinski definition) is 3. The van der Waals surface area contributed by atoms with Crippen LogP contribution in [0.25, 0.3) is 0 Å². The lowest BCUT2D eigenvalue weighted by atomic mass is 9.98. The lowest BCUT2D eigenvalue weighted by Crippen LogP contribution is -2.54. The van der Waals surface area contributed by atoms with Crippen molar-refractivity contribution in [1.82, 2.24) is 4.31 Å². The maximum atomic E-state index is 11.1. The topological polar surface area (TPSA) is 54.5 Å². The summed E-state index contributed by atoms with van der Waals surface area (Å²) in [5.74, 6) is -0.434. The molecule has 2 rings (SSSR count). The highest BCUT2D eigenvalue weighted by Crippen LogP contribution is 2.28. The molecule has 0 radical (unpaired) electrons. The second-order valence-electron chi connectivity index (χ2n) is 3.68. The van der Waals surface area contributed by atoms with Gasteiger partial charge in [-0.15, -0.1) is 0 Å². The molecule has 1 unspecified atom stereocenters. The molecule has 0 aliphatic carbocycles. The molecule has 6 heteroatoms. The Morgan fingerprint density at radius 3 is 2.44 bits per heavy atom. The van der Waals surface area contributed by atoms with Crippen molar-refractivity contribution in [1.29, 1.82) is 0 Å². The minimum atomic E-state index is -3.93. The Balaban J connectivity index is 2.11. The molecule has 4 nitrogen and oxygen atoms in total. The summed E-state index contributed by atoms with van der Waals surface area (Å²) in [5.41, 5.74) is 0.991. The van der Waals surface area contributed by atoms with Crippen LogP contribution >= 0.6 is 10.7 Å². The van der Waals surface area contributed by atoms with Crippen molar-refractivity contribution in [2.45, 2.75) is 18.9 Å². The van der Waals surface area contributed by atoms with E-state index in [0.29, 0.717) is 6.42 Å². The number of nitrogens with zero attached hydrogens (tertiary/aromatic N) is 1.